The van der Waals surface area contributed by atoms with E-state index in [4.69, 9.17) is 4.74 Å². The van der Waals surface area contributed by atoms with Crippen LogP contribution in [-0.4, -0.2) is 26.3 Å². The fourth-order valence-electron chi connectivity index (χ4n) is 1.72. The first-order valence-electron chi connectivity index (χ1n) is 7.20. The van der Waals surface area contributed by atoms with Gasteiger partial charge in [-0.25, -0.2) is 0 Å². The topological polar surface area (TPSA) is 21.3 Å². The van der Waals surface area contributed by atoms with Crippen molar-refractivity contribution in [2.75, 3.05) is 26.3 Å². The normalized spacial score (nSPS) is 15.5. The standard InChI is InChI=1S/C15H33NO/c1-7-16-12-15(6,14(4)5)9-11-17-10-8-13(2)3/h13-14,16H,7-12H2,1-6H3. The number of hydrogen-bond acceptors (Lipinski definition) is 2. The third-order valence-electron chi connectivity index (χ3n) is 3.83. The molecule has 1 atom stereocenters. The van der Waals surface area contributed by atoms with Gasteiger partial charge >= 0.3 is 0 Å². The Morgan fingerprint density at radius 1 is 1.12 bits per heavy atom. The molecule has 0 aromatic rings. The fraction of sp³-hybridized carbons (Fsp3) is 1.00. The minimum Gasteiger partial charge on any atom is -0.381 e. The van der Waals surface area contributed by atoms with Crippen LogP contribution in [0.2, 0.25) is 0 Å². The Labute approximate surface area is 109 Å². The van der Waals surface area contributed by atoms with Gasteiger partial charge in [0.05, 0.1) is 0 Å². The Hall–Kier alpha value is -0.0800. The minimum absolute atomic E-state index is 0.355. The summed E-state index contributed by atoms with van der Waals surface area (Å²) in [4.78, 5) is 0. The molecule has 0 aromatic carbocycles. The lowest BCUT2D eigenvalue weighted by Gasteiger charge is -2.34. The van der Waals surface area contributed by atoms with Gasteiger partial charge in [-0.2, -0.15) is 0 Å². The van der Waals surface area contributed by atoms with Crippen LogP contribution in [0, 0.1) is 17.3 Å². The molecule has 1 unspecified atom stereocenters. The molecule has 0 bridgehead atoms. The van der Waals surface area contributed by atoms with Crippen molar-refractivity contribution in [2.45, 2.75) is 54.4 Å². The summed E-state index contributed by atoms with van der Waals surface area (Å²) < 4.78 is 5.74. The first-order valence-corrected chi connectivity index (χ1v) is 7.20. The quantitative estimate of drug-likeness (QED) is 0.591. The Kier molecular flexibility index (Phi) is 8.89. The van der Waals surface area contributed by atoms with Crippen molar-refractivity contribution in [3.63, 3.8) is 0 Å². The molecule has 0 aromatic heterocycles. The largest absolute Gasteiger partial charge is 0.381 e. The van der Waals surface area contributed by atoms with E-state index in [-0.39, 0.29) is 0 Å². The summed E-state index contributed by atoms with van der Waals surface area (Å²) >= 11 is 0. The van der Waals surface area contributed by atoms with E-state index in [1.54, 1.807) is 0 Å². The monoisotopic (exact) mass is 243 g/mol. The summed E-state index contributed by atoms with van der Waals surface area (Å²) in [5.74, 6) is 1.43. The molecule has 0 aliphatic rings. The highest BCUT2D eigenvalue weighted by atomic mass is 16.5. The average Bonchev–Trinajstić information content (AvgIpc) is 2.25. The summed E-state index contributed by atoms with van der Waals surface area (Å²) in [7, 11) is 0. The van der Waals surface area contributed by atoms with Crippen LogP contribution >= 0.6 is 0 Å². The Balaban J connectivity index is 3.84. The third-order valence-corrected chi connectivity index (χ3v) is 3.83. The fourth-order valence-corrected chi connectivity index (χ4v) is 1.72. The zero-order chi connectivity index (χ0) is 13.3. The van der Waals surface area contributed by atoms with Gasteiger partial charge < -0.3 is 10.1 Å². The van der Waals surface area contributed by atoms with Crippen molar-refractivity contribution in [3.8, 4) is 0 Å². The third kappa shape index (κ3) is 7.77. The van der Waals surface area contributed by atoms with Crippen molar-refractivity contribution in [1.82, 2.24) is 5.32 Å². The van der Waals surface area contributed by atoms with E-state index < -0.39 is 0 Å². The smallest absolute Gasteiger partial charge is 0.0471 e. The van der Waals surface area contributed by atoms with E-state index in [1.807, 2.05) is 0 Å². The van der Waals surface area contributed by atoms with Crippen LogP contribution in [0.15, 0.2) is 0 Å². The number of ether oxygens (including phenoxy) is 1. The number of nitrogens with one attached hydrogen (secondary N) is 1. The van der Waals surface area contributed by atoms with Crippen LogP contribution in [0.1, 0.15) is 54.4 Å². The van der Waals surface area contributed by atoms with Gasteiger partial charge in [-0.1, -0.05) is 41.5 Å². The van der Waals surface area contributed by atoms with Gasteiger partial charge in [-0.05, 0) is 36.6 Å². The van der Waals surface area contributed by atoms with Crippen molar-refractivity contribution in [1.29, 1.82) is 0 Å². The molecule has 17 heavy (non-hydrogen) atoms. The van der Waals surface area contributed by atoms with Crippen molar-refractivity contribution < 1.29 is 4.74 Å². The molecule has 0 saturated carbocycles. The second-order valence-corrected chi connectivity index (χ2v) is 6.13. The van der Waals surface area contributed by atoms with Crippen LogP contribution in [0.25, 0.3) is 0 Å². The molecule has 2 heteroatoms. The zero-order valence-electron chi connectivity index (χ0n) is 12.8. The van der Waals surface area contributed by atoms with Crippen LogP contribution < -0.4 is 5.32 Å². The molecule has 0 aliphatic heterocycles. The summed E-state index contributed by atoms with van der Waals surface area (Å²) in [6, 6.07) is 0. The highest BCUT2D eigenvalue weighted by molar-refractivity contribution is 4.79. The lowest BCUT2D eigenvalue weighted by Crippen LogP contribution is -2.37. The van der Waals surface area contributed by atoms with Gasteiger partial charge in [0.2, 0.25) is 0 Å². The van der Waals surface area contributed by atoms with E-state index in [0.717, 1.165) is 38.6 Å². The molecule has 0 amide bonds. The van der Waals surface area contributed by atoms with Crippen LogP contribution in [0.5, 0.6) is 0 Å². The minimum atomic E-state index is 0.355. The lowest BCUT2D eigenvalue weighted by molar-refractivity contribution is 0.0738. The first-order chi connectivity index (χ1) is 7.92. The average molecular weight is 243 g/mol. The molecule has 0 fully saturated rings. The molecule has 0 radical (unpaired) electrons. The Morgan fingerprint density at radius 3 is 2.24 bits per heavy atom. The molecule has 1 N–H and O–H groups in total. The van der Waals surface area contributed by atoms with Crippen molar-refractivity contribution in [3.05, 3.63) is 0 Å². The maximum atomic E-state index is 5.74. The molecular formula is C15H33NO. The second kappa shape index (κ2) is 8.93. The predicted molar refractivity (Wildman–Crippen MR) is 76.4 cm³/mol. The van der Waals surface area contributed by atoms with Gasteiger partial charge in [-0.15, -0.1) is 0 Å². The van der Waals surface area contributed by atoms with E-state index in [1.165, 1.54) is 6.42 Å². The van der Waals surface area contributed by atoms with Crippen molar-refractivity contribution in [2.24, 2.45) is 17.3 Å². The van der Waals surface area contributed by atoms with E-state index in [2.05, 4.69) is 46.9 Å². The lowest BCUT2D eigenvalue weighted by atomic mass is 9.76. The van der Waals surface area contributed by atoms with E-state index in [9.17, 15) is 0 Å². The molecule has 0 saturated heterocycles. The summed E-state index contributed by atoms with van der Waals surface area (Å²) in [5, 5.41) is 3.47. The summed E-state index contributed by atoms with van der Waals surface area (Å²) in [6.07, 6.45) is 2.32. The molecular weight excluding hydrogens is 210 g/mol. The van der Waals surface area contributed by atoms with Gasteiger partial charge in [0, 0.05) is 19.8 Å². The van der Waals surface area contributed by atoms with Crippen molar-refractivity contribution >= 4 is 0 Å². The van der Waals surface area contributed by atoms with Gasteiger partial charge in [0.25, 0.3) is 0 Å². The van der Waals surface area contributed by atoms with E-state index >= 15 is 0 Å². The highest BCUT2D eigenvalue weighted by Crippen LogP contribution is 2.30. The Morgan fingerprint density at radius 2 is 1.76 bits per heavy atom. The summed E-state index contributed by atoms with van der Waals surface area (Å²) in [6.45, 7) is 17.6. The van der Waals surface area contributed by atoms with Gasteiger partial charge in [0.1, 0.15) is 0 Å². The van der Waals surface area contributed by atoms with Crippen LogP contribution in [0.4, 0.5) is 0 Å². The van der Waals surface area contributed by atoms with E-state index in [0.29, 0.717) is 11.3 Å². The second-order valence-electron chi connectivity index (χ2n) is 6.13. The molecule has 0 heterocycles. The predicted octanol–water partition coefficient (Wildman–Crippen LogP) is 3.71. The molecule has 0 rings (SSSR count). The molecule has 0 aliphatic carbocycles. The number of hydrogen-bond donors (Lipinski definition) is 1. The summed E-state index contributed by atoms with van der Waals surface area (Å²) in [5.41, 5.74) is 0.355. The number of rotatable bonds is 10. The molecule has 0 spiro atoms. The van der Waals surface area contributed by atoms with Gasteiger partial charge in [0.15, 0.2) is 0 Å². The zero-order valence-corrected chi connectivity index (χ0v) is 12.8. The van der Waals surface area contributed by atoms with Crippen LogP contribution in [0.3, 0.4) is 0 Å². The molecule has 2 nitrogen and oxygen atoms in total. The maximum absolute atomic E-state index is 5.74. The SMILES string of the molecule is CCNCC(C)(CCOCCC(C)C)C(C)C. The maximum Gasteiger partial charge on any atom is 0.0471 e. The van der Waals surface area contributed by atoms with Crippen LogP contribution in [-0.2, 0) is 4.74 Å². The molecule has 104 valence electrons. The highest BCUT2D eigenvalue weighted by Gasteiger charge is 2.27. The Bertz CT molecular complexity index is 180. The first kappa shape index (κ1) is 16.9. The van der Waals surface area contributed by atoms with Gasteiger partial charge in [-0.3, -0.25) is 0 Å².